The van der Waals surface area contributed by atoms with E-state index in [0.717, 1.165) is 30.0 Å². The number of rotatable bonds is 5. The van der Waals surface area contributed by atoms with Crippen LogP contribution >= 0.6 is 0 Å². The fourth-order valence-corrected chi connectivity index (χ4v) is 3.39. The molecule has 138 valence electrons. The third-order valence-electron chi connectivity index (χ3n) is 4.80. The summed E-state index contributed by atoms with van der Waals surface area (Å²) < 4.78 is 5.81. The molecule has 1 saturated heterocycles. The zero-order valence-electron chi connectivity index (χ0n) is 15.0. The molecule has 6 nitrogen and oxygen atoms in total. The zero-order valence-corrected chi connectivity index (χ0v) is 15.0. The molecular formula is C21H22N4O2. The van der Waals surface area contributed by atoms with Gasteiger partial charge in [-0.2, -0.15) is 0 Å². The number of piperazine rings is 1. The predicted octanol–water partition coefficient (Wildman–Crippen LogP) is 2.84. The van der Waals surface area contributed by atoms with Gasteiger partial charge in [0.05, 0.1) is 12.2 Å². The zero-order chi connectivity index (χ0) is 18.5. The van der Waals surface area contributed by atoms with Crippen LogP contribution in [0.15, 0.2) is 65.5 Å². The van der Waals surface area contributed by atoms with Crippen LogP contribution in [0.5, 0.6) is 0 Å². The molecule has 0 radical (unpaired) electrons. The van der Waals surface area contributed by atoms with Crippen molar-refractivity contribution in [2.75, 3.05) is 19.6 Å². The second-order valence-electron chi connectivity index (χ2n) is 6.58. The molecule has 0 bridgehead atoms. The fourth-order valence-electron chi connectivity index (χ4n) is 3.39. The van der Waals surface area contributed by atoms with Crippen molar-refractivity contribution in [3.63, 3.8) is 0 Å². The van der Waals surface area contributed by atoms with Crippen molar-refractivity contribution in [3.8, 4) is 11.3 Å². The molecule has 1 aliphatic rings. The van der Waals surface area contributed by atoms with Crippen LogP contribution < -0.4 is 5.32 Å². The number of benzene rings is 1. The van der Waals surface area contributed by atoms with E-state index in [9.17, 15) is 4.79 Å². The third-order valence-corrected chi connectivity index (χ3v) is 4.80. The first-order valence-corrected chi connectivity index (χ1v) is 9.21. The van der Waals surface area contributed by atoms with E-state index in [1.807, 2.05) is 53.6 Å². The van der Waals surface area contributed by atoms with Crippen molar-refractivity contribution in [3.05, 3.63) is 72.5 Å². The topological polar surface area (TPSA) is 71.3 Å². The number of hydrogen-bond donors (Lipinski definition) is 1. The molecule has 1 unspecified atom stereocenters. The maximum Gasteiger partial charge on any atom is 0.223 e. The minimum atomic E-state index is 0.0180. The van der Waals surface area contributed by atoms with Crippen LogP contribution in [-0.2, 0) is 11.2 Å². The predicted molar refractivity (Wildman–Crippen MR) is 102 cm³/mol. The van der Waals surface area contributed by atoms with Gasteiger partial charge >= 0.3 is 0 Å². The van der Waals surface area contributed by atoms with Gasteiger partial charge in [0, 0.05) is 50.4 Å². The Labute approximate surface area is 158 Å². The molecule has 1 fully saturated rings. The molecule has 27 heavy (non-hydrogen) atoms. The first-order valence-electron chi connectivity index (χ1n) is 9.21. The highest BCUT2D eigenvalue weighted by Gasteiger charge is 2.27. The third kappa shape index (κ3) is 4.06. The summed E-state index contributed by atoms with van der Waals surface area (Å²) >= 11 is 0. The van der Waals surface area contributed by atoms with E-state index in [2.05, 4.69) is 15.3 Å². The van der Waals surface area contributed by atoms with Gasteiger partial charge in [0.15, 0.2) is 11.7 Å². The first-order chi connectivity index (χ1) is 13.3. The van der Waals surface area contributed by atoms with Gasteiger partial charge in [-0.25, -0.2) is 4.98 Å². The quantitative estimate of drug-likeness (QED) is 0.756. The van der Waals surface area contributed by atoms with E-state index in [4.69, 9.17) is 4.42 Å². The lowest BCUT2D eigenvalue weighted by atomic mass is 10.0. The first kappa shape index (κ1) is 17.4. The normalized spacial score (nSPS) is 17.0. The molecule has 4 rings (SSSR count). The molecule has 0 spiro atoms. The van der Waals surface area contributed by atoms with Gasteiger partial charge in [0.25, 0.3) is 0 Å². The highest BCUT2D eigenvalue weighted by Crippen LogP contribution is 2.24. The smallest absolute Gasteiger partial charge is 0.223 e. The molecule has 1 aliphatic heterocycles. The number of nitrogens with zero attached hydrogens (tertiary/aromatic N) is 3. The SMILES string of the molecule is O=C(CCc1ncc(-c2ccccc2)o1)N1CCNCC1c1cccnc1. The monoisotopic (exact) mass is 362 g/mol. The largest absolute Gasteiger partial charge is 0.441 e. The highest BCUT2D eigenvalue weighted by atomic mass is 16.4. The molecule has 1 amide bonds. The minimum Gasteiger partial charge on any atom is -0.441 e. The van der Waals surface area contributed by atoms with Gasteiger partial charge in [0.1, 0.15) is 0 Å². The minimum absolute atomic E-state index is 0.0180. The van der Waals surface area contributed by atoms with Crippen LogP contribution in [0.1, 0.15) is 23.9 Å². The molecule has 0 aliphatic carbocycles. The maximum absolute atomic E-state index is 12.8. The Balaban J connectivity index is 1.40. The van der Waals surface area contributed by atoms with Crippen LogP contribution in [0.2, 0.25) is 0 Å². The van der Waals surface area contributed by atoms with Gasteiger partial charge in [-0.05, 0) is 11.6 Å². The van der Waals surface area contributed by atoms with Crippen molar-refractivity contribution >= 4 is 5.91 Å². The lowest BCUT2D eigenvalue weighted by molar-refractivity contribution is -0.134. The summed E-state index contributed by atoms with van der Waals surface area (Å²) in [6, 6.07) is 13.8. The van der Waals surface area contributed by atoms with E-state index in [0.29, 0.717) is 25.3 Å². The van der Waals surface area contributed by atoms with Gasteiger partial charge in [-0.1, -0.05) is 36.4 Å². The van der Waals surface area contributed by atoms with Crippen LogP contribution in [0.3, 0.4) is 0 Å². The van der Waals surface area contributed by atoms with Crippen molar-refractivity contribution in [2.45, 2.75) is 18.9 Å². The average molecular weight is 362 g/mol. The van der Waals surface area contributed by atoms with Crippen LogP contribution in [0.4, 0.5) is 0 Å². The van der Waals surface area contributed by atoms with Crippen LogP contribution in [0, 0.1) is 0 Å². The second-order valence-corrected chi connectivity index (χ2v) is 6.58. The molecular weight excluding hydrogens is 340 g/mol. The average Bonchev–Trinajstić information content (AvgIpc) is 3.22. The van der Waals surface area contributed by atoms with Crippen molar-refractivity contribution < 1.29 is 9.21 Å². The molecule has 2 aromatic heterocycles. The van der Waals surface area contributed by atoms with Crippen molar-refractivity contribution in [1.29, 1.82) is 0 Å². The Morgan fingerprint density at radius 3 is 2.89 bits per heavy atom. The van der Waals surface area contributed by atoms with E-state index in [-0.39, 0.29) is 11.9 Å². The van der Waals surface area contributed by atoms with Crippen LogP contribution in [-0.4, -0.2) is 40.4 Å². The number of aryl methyl sites for hydroxylation is 1. The highest BCUT2D eigenvalue weighted by molar-refractivity contribution is 5.77. The molecule has 3 aromatic rings. The molecule has 1 N–H and O–H groups in total. The number of oxazole rings is 1. The molecule has 3 heterocycles. The second kappa shape index (κ2) is 8.14. The van der Waals surface area contributed by atoms with Gasteiger partial charge < -0.3 is 14.6 Å². The van der Waals surface area contributed by atoms with Gasteiger partial charge in [0.2, 0.25) is 5.91 Å². The Morgan fingerprint density at radius 2 is 2.07 bits per heavy atom. The summed E-state index contributed by atoms with van der Waals surface area (Å²) in [6.07, 6.45) is 6.18. The Morgan fingerprint density at radius 1 is 1.19 bits per heavy atom. The summed E-state index contributed by atoms with van der Waals surface area (Å²) in [4.78, 5) is 23.3. The number of nitrogens with one attached hydrogen (secondary N) is 1. The van der Waals surface area contributed by atoms with Crippen LogP contribution in [0.25, 0.3) is 11.3 Å². The number of hydrogen-bond acceptors (Lipinski definition) is 5. The van der Waals surface area contributed by atoms with E-state index in [1.54, 1.807) is 12.4 Å². The van der Waals surface area contributed by atoms with Crippen molar-refractivity contribution in [1.82, 2.24) is 20.2 Å². The van der Waals surface area contributed by atoms with Crippen molar-refractivity contribution in [2.24, 2.45) is 0 Å². The summed E-state index contributed by atoms with van der Waals surface area (Å²) in [6.45, 7) is 2.24. The maximum atomic E-state index is 12.8. The molecule has 1 aromatic carbocycles. The van der Waals surface area contributed by atoms with E-state index >= 15 is 0 Å². The Hall–Kier alpha value is -2.99. The number of pyridine rings is 1. The summed E-state index contributed by atoms with van der Waals surface area (Å²) in [7, 11) is 0. The lowest BCUT2D eigenvalue weighted by Gasteiger charge is -2.36. The lowest BCUT2D eigenvalue weighted by Crippen LogP contribution is -2.48. The summed E-state index contributed by atoms with van der Waals surface area (Å²) in [5.41, 5.74) is 2.04. The Bertz CT molecular complexity index is 879. The standard InChI is InChI=1S/C21H22N4O2/c26-21(25-12-11-23-14-18(25)17-7-4-10-22-13-17)9-8-20-24-15-19(27-20)16-5-2-1-3-6-16/h1-7,10,13,15,18,23H,8-9,11-12,14H2. The number of carbonyl (C=O) groups excluding carboxylic acids is 1. The van der Waals surface area contributed by atoms with Gasteiger partial charge in [-0.15, -0.1) is 0 Å². The van der Waals surface area contributed by atoms with Gasteiger partial charge in [-0.3, -0.25) is 9.78 Å². The number of amides is 1. The van der Waals surface area contributed by atoms with E-state index < -0.39 is 0 Å². The fraction of sp³-hybridized carbons (Fsp3) is 0.286. The summed E-state index contributed by atoms with van der Waals surface area (Å²) in [5, 5.41) is 3.36. The molecule has 0 saturated carbocycles. The van der Waals surface area contributed by atoms with E-state index in [1.165, 1.54) is 0 Å². The summed E-state index contributed by atoms with van der Waals surface area (Å²) in [5.74, 6) is 1.44. The number of carbonyl (C=O) groups is 1. The molecule has 6 heteroatoms. The molecule has 1 atom stereocenters. The Kier molecular flexibility index (Phi) is 5.25. The number of aromatic nitrogens is 2.